The van der Waals surface area contributed by atoms with E-state index in [1.54, 1.807) is 6.92 Å². The van der Waals surface area contributed by atoms with E-state index in [2.05, 4.69) is 9.69 Å². The number of nitrogens with one attached hydrogen (secondary N) is 1. The van der Waals surface area contributed by atoms with Crippen molar-refractivity contribution in [3.63, 3.8) is 0 Å². The summed E-state index contributed by atoms with van der Waals surface area (Å²) in [4.78, 5) is 11.5. The molecule has 0 spiro atoms. The number of aryl methyl sites for hydroxylation is 1. The Morgan fingerprint density at radius 3 is 2.78 bits per heavy atom. The average Bonchev–Trinajstić information content (AvgIpc) is 2.64. The number of carbonyl (C=O) groups is 1. The number of hydrogen-bond donors (Lipinski definition) is 1. The van der Waals surface area contributed by atoms with Crippen LogP contribution < -0.4 is 5.32 Å². The lowest BCUT2D eigenvalue weighted by molar-refractivity contribution is 0.0765. The summed E-state index contributed by atoms with van der Waals surface area (Å²) in [7, 11) is 0. The van der Waals surface area contributed by atoms with Gasteiger partial charge in [-0.05, 0) is 52.1 Å². The van der Waals surface area contributed by atoms with Gasteiger partial charge in [0.05, 0.1) is 17.4 Å². The third-order valence-electron chi connectivity index (χ3n) is 2.52. The van der Waals surface area contributed by atoms with Gasteiger partial charge < -0.3 is 10.1 Å². The first-order valence-corrected chi connectivity index (χ1v) is 7.12. The van der Waals surface area contributed by atoms with Crippen molar-refractivity contribution in [3.8, 4) is 0 Å². The van der Waals surface area contributed by atoms with Gasteiger partial charge in [-0.1, -0.05) is 0 Å². The fourth-order valence-corrected chi connectivity index (χ4v) is 2.52. The van der Waals surface area contributed by atoms with Gasteiger partial charge in [-0.15, -0.1) is 0 Å². The van der Waals surface area contributed by atoms with Crippen LogP contribution in [0.1, 0.15) is 49.7 Å². The summed E-state index contributed by atoms with van der Waals surface area (Å²) in [6, 6.07) is 0. The molecule has 0 atom stereocenters. The predicted octanol–water partition coefficient (Wildman–Crippen LogP) is 3.27. The Bertz CT molecular complexity index is 388. The van der Waals surface area contributed by atoms with Crippen molar-refractivity contribution >= 4 is 22.3 Å². The van der Waals surface area contributed by atoms with Crippen molar-refractivity contribution in [1.29, 1.82) is 0 Å². The van der Waals surface area contributed by atoms with Gasteiger partial charge in [-0.25, -0.2) is 0 Å². The molecule has 0 unspecified atom stereocenters. The molecule has 0 aliphatic rings. The fourth-order valence-electron chi connectivity index (χ4n) is 1.65. The Labute approximate surface area is 113 Å². The molecular weight excluding hydrogens is 248 g/mol. The number of hydrogen-bond acceptors (Lipinski definition) is 5. The van der Waals surface area contributed by atoms with Crippen LogP contribution in [0.3, 0.4) is 0 Å². The monoisotopic (exact) mass is 270 g/mol. The van der Waals surface area contributed by atoms with Crippen molar-refractivity contribution in [2.24, 2.45) is 0 Å². The van der Waals surface area contributed by atoms with E-state index in [9.17, 15) is 4.79 Å². The highest BCUT2D eigenvalue weighted by Gasteiger charge is 2.13. The minimum atomic E-state index is 0.0758. The van der Waals surface area contributed by atoms with E-state index in [0.29, 0.717) is 6.10 Å². The summed E-state index contributed by atoms with van der Waals surface area (Å²) in [5.74, 6) is 0.0758. The van der Waals surface area contributed by atoms with Crippen LogP contribution in [0.25, 0.3) is 0 Å². The normalized spacial score (nSPS) is 10.9. The van der Waals surface area contributed by atoms with E-state index in [1.807, 2.05) is 20.8 Å². The predicted molar refractivity (Wildman–Crippen MR) is 75.7 cm³/mol. The summed E-state index contributed by atoms with van der Waals surface area (Å²) in [5, 5.41) is 4.18. The molecule has 1 aromatic rings. The molecule has 0 saturated carbocycles. The highest BCUT2D eigenvalue weighted by molar-refractivity contribution is 7.10. The number of anilines is 1. The molecule has 0 aliphatic heterocycles. The lowest BCUT2D eigenvalue weighted by Gasteiger charge is -2.08. The van der Waals surface area contributed by atoms with Crippen molar-refractivity contribution in [2.45, 2.75) is 46.6 Å². The maximum absolute atomic E-state index is 11.5. The van der Waals surface area contributed by atoms with E-state index in [-0.39, 0.29) is 5.78 Å². The summed E-state index contributed by atoms with van der Waals surface area (Å²) in [6.07, 6.45) is 2.35. The highest BCUT2D eigenvalue weighted by atomic mass is 32.1. The zero-order valence-corrected chi connectivity index (χ0v) is 12.4. The van der Waals surface area contributed by atoms with Crippen LogP contribution in [0.2, 0.25) is 0 Å². The number of aromatic nitrogens is 1. The van der Waals surface area contributed by atoms with Gasteiger partial charge in [0.2, 0.25) is 0 Å². The van der Waals surface area contributed by atoms with E-state index in [0.717, 1.165) is 42.3 Å². The second-order valence-corrected chi connectivity index (χ2v) is 5.36. The first kappa shape index (κ1) is 15.1. The van der Waals surface area contributed by atoms with Crippen LogP contribution in [-0.2, 0) is 4.74 Å². The molecular formula is C13H22N2O2S. The van der Waals surface area contributed by atoms with Crippen LogP contribution >= 0.6 is 11.5 Å². The number of carbonyl (C=O) groups excluding carboxylic acids is 1. The molecule has 0 saturated heterocycles. The van der Waals surface area contributed by atoms with Crippen molar-refractivity contribution in [2.75, 3.05) is 18.5 Å². The molecule has 0 bridgehead atoms. The van der Waals surface area contributed by atoms with E-state index < -0.39 is 0 Å². The molecule has 1 heterocycles. The van der Waals surface area contributed by atoms with Crippen LogP contribution in [0, 0.1) is 6.92 Å². The summed E-state index contributed by atoms with van der Waals surface area (Å²) in [6.45, 7) is 9.17. The Kier molecular flexibility index (Phi) is 6.29. The Morgan fingerprint density at radius 1 is 1.44 bits per heavy atom. The van der Waals surface area contributed by atoms with E-state index in [1.165, 1.54) is 11.5 Å². The maximum atomic E-state index is 11.5. The molecule has 0 radical (unpaired) electrons. The standard InChI is InChI=1S/C13H22N2O2S/c1-9(2)17-8-6-5-7-14-13-12(11(4)16)10(3)15-18-13/h9,14H,5-8H2,1-4H3. The number of nitrogens with zero attached hydrogens (tertiary/aromatic N) is 1. The third-order valence-corrected chi connectivity index (χ3v) is 3.42. The smallest absolute Gasteiger partial charge is 0.164 e. The number of ketones is 1. The highest BCUT2D eigenvalue weighted by Crippen LogP contribution is 2.24. The summed E-state index contributed by atoms with van der Waals surface area (Å²) < 4.78 is 9.68. The van der Waals surface area contributed by atoms with Crippen LogP contribution in [0.15, 0.2) is 0 Å². The zero-order chi connectivity index (χ0) is 13.5. The molecule has 1 aromatic heterocycles. The molecule has 0 amide bonds. The van der Waals surface area contributed by atoms with Gasteiger partial charge in [0.25, 0.3) is 0 Å². The van der Waals surface area contributed by atoms with Crippen molar-refractivity contribution in [1.82, 2.24) is 4.37 Å². The topological polar surface area (TPSA) is 51.2 Å². The Balaban J connectivity index is 2.29. The SMILES string of the molecule is CC(=O)c1c(C)nsc1NCCCCOC(C)C. The molecule has 0 aliphatic carbocycles. The van der Waals surface area contributed by atoms with Gasteiger partial charge in [-0.2, -0.15) is 4.37 Å². The van der Waals surface area contributed by atoms with Gasteiger partial charge in [0.15, 0.2) is 5.78 Å². The third kappa shape index (κ3) is 4.74. The second-order valence-electron chi connectivity index (χ2n) is 4.58. The quantitative estimate of drug-likeness (QED) is 0.582. The van der Waals surface area contributed by atoms with Crippen molar-refractivity contribution < 1.29 is 9.53 Å². The number of ether oxygens (including phenoxy) is 1. The molecule has 1 rings (SSSR count). The Hall–Kier alpha value is -0.940. The minimum Gasteiger partial charge on any atom is -0.379 e. The average molecular weight is 270 g/mol. The van der Waals surface area contributed by atoms with Gasteiger partial charge >= 0.3 is 0 Å². The minimum absolute atomic E-state index is 0.0758. The second kappa shape index (κ2) is 7.48. The lowest BCUT2D eigenvalue weighted by atomic mass is 10.2. The number of rotatable bonds is 8. The first-order chi connectivity index (χ1) is 8.52. The molecule has 102 valence electrons. The molecule has 0 aromatic carbocycles. The summed E-state index contributed by atoms with van der Waals surface area (Å²) >= 11 is 1.36. The van der Waals surface area contributed by atoms with Gasteiger partial charge in [-0.3, -0.25) is 4.79 Å². The van der Waals surface area contributed by atoms with Crippen LogP contribution in [0.5, 0.6) is 0 Å². The van der Waals surface area contributed by atoms with Crippen LogP contribution in [0.4, 0.5) is 5.00 Å². The molecule has 18 heavy (non-hydrogen) atoms. The van der Waals surface area contributed by atoms with E-state index in [4.69, 9.17) is 4.74 Å². The number of Topliss-reactive ketones (excluding diaryl/α,β-unsaturated/α-hetero) is 1. The summed E-state index contributed by atoms with van der Waals surface area (Å²) in [5.41, 5.74) is 1.55. The molecule has 1 N–H and O–H groups in total. The number of unbranched alkanes of at least 4 members (excludes halogenated alkanes) is 1. The lowest BCUT2D eigenvalue weighted by Crippen LogP contribution is -2.08. The first-order valence-electron chi connectivity index (χ1n) is 6.35. The Morgan fingerprint density at radius 2 is 2.17 bits per heavy atom. The van der Waals surface area contributed by atoms with Gasteiger partial charge in [0.1, 0.15) is 5.00 Å². The molecule has 0 fully saturated rings. The van der Waals surface area contributed by atoms with Crippen LogP contribution in [-0.4, -0.2) is 29.4 Å². The maximum Gasteiger partial charge on any atom is 0.164 e. The molecule has 4 nitrogen and oxygen atoms in total. The molecule has 5 heteroatoms. The fraction of sp³-hybridized carbons (Fsp3) is 0.692. The zero-order valence-electron chi connectivity index (χ0n) is 11.6. The van der Waals surface area contributed by atoms with Crippen molar-refractivity contribution in [3.05, 3.63) is 11.3 Å². The largest absolute Gasteiger partial charge is 0.379 e. The van der Waals surface area contributed by atoms with E-state index >= 15 is 0 Å². The van der Waals surface area contributed by atoms with Gasteiger partial charge in [0, 0.05) is 13.2 Å².